The van der Waals surface area contributed by atoms with Crippen LogP contribution in [0.1, 0.15) is 16.7 Å². The molecule has 1 amide bonds. The molecule has 0 atom stereocenters. The van der Waals surface area contributed by atoms with Crippen molar-refractivity contribution in [2.24, 2.45) is 5.16 Å². The summed E-state index contributed by atoms with van der Waals surface area (Å²) in [4.78, 5) is 16.9. The van der Waals surface area contributed by atoms with Crippen LogP contribution in [0.25, 0.3) is 6.08 Å². The maximum atomic E-state index is 13.5. The number of carbonyl (C=O) groups excluding carboxylic acids is 1. The van der Waals surface area contributed by atoms with Gasteiger partial charge in [0.25, 0.3) is 5.91 Å². The summed E-state index contributed by atoms with van der Waals surface area (Å²) in [6, 6.07) is 11.1. The first-order valence-corrected chi connectivity index (χ1v) is 8.58. The van der Waals surface area contributed by atoms with Crippen molar-refractivity contribution in [1.29, 1.82) is 0 Å². The van der Waals surface area contributed by atoms with E-state index < -0.39 is 11.7 Å². The van der Waals surface area contributed by atoms with Gasteiger partial charge >= 0.3 is 0 Å². The average molecular weight is 411 g/mol. The van der Waals surface area contributed by atoms with Crippen LogP contribution in [0.5, 0.6) is 5.75 Å². The van der Waals surface area contributed by atoms with Crippen molar-refractivity contribution in [1.82, 2.24) is 5.32 Å². The Balaban J connectivity index is 2.34. The number of ether oxygens (including phenoxy) is 1. The second-order valence-corrected chi connectivity index (χ2v) is 6.27. The normalized spacial score (nSPS) is 10.9. The molecule has 8 heteroatoms. The highest BCUT2D eigenvalue weighted by molar-refractivity contribution is 6.57. The molecule has 0 aliphatic heterocycles. The number of halogens is 3. The molecule has 27 heavy (non-hydrogen) atoms. The highest BCUT2D eigenvalue weighted by Gasteiger charge is 2.17. The Hall–Kier alpha value is -2.57. The zero-order valence-electron chi connectivity index (χ0n) is 14.6. The highest BCUT2D eigenvalue weighted by Crippen LogP contribution is 2.26. The Morgan fingerprint density at radius 3 is 2.67 bits per heavy atom. The Bertz CT molecular complexity index is 881. The first-order valence-electron chi connectivity index (χ1n) is 7.82. The predicted molar refractivity (Wildman–Crippen MR) is 104 cm³/mol. The monoisotopic (exact) mass is 410 g/mol. The van der Waals surface area contributed by atoms with Crippen LogP contribution >= 0.6 is 23.2 Å². The third-order valence-electron chi connectivity index (χ3n) is 3.52. The largest absolute Gasteiger partial charge is 0.488 e. The molecule has 0 unspecified atom stereocenters. The third-order valence-corrected chi connectivity index (χ3v) is 3.74. The minimum atomic E-state index is -0.447. The van der Waals surface area contributed by atoms with Crippen molar-refractivity contribution in [2.45, 2.75) is 6.61 Å². The summed E-state index contributed by atoms with van der Waals surface area (Å²) in [5.74, 6) is -0.462. The smallest absolute Gasteiger partial charge is 0.273 e. The van der Waals surface area contributed by atoms with E-state index in [0.717, 1.165) is 0 Å². The van der Waals surface area contributed by atoms with Gasteiger partial charge in [0.1, 0.15) is 29.8 Å². The van der Waals surface area contributed by atoms with E-state index in [4.69, 9.17) is 32.8 Å². The average Bonchev–Trinajstić information content (AvgIpc) is 2.65. The maximum Gasteiger partial charge on any atom is 0.273 e. The fraction of sp³-hybridized carbons (Fsp3) is 0.158. The summed E-state index contributed by atoms with van der Waals surface area (Å²) in [7, 11) is 2.86. The van der Waals surface area contributed by atoms with Crippen LogP contribution in [0, 0.1) is 5.82 Å². The zero-order valence-corrected chi connectivity index (χ0v) is 16.1. The molecule has 0 heterocycles. The van der Waals surface area contributed by atoms with Gasteiger partial charge in [-0.1, -0.05) is 52.6 Å². The molecule has 2 aromatic carbocycles. The third kappa shape index (κ3) is 5.70. The van der Waals surface area contributed by atoms with Crippen LogP contribution < -0.4 is 10.1 Å². The molecule has 0 radical (unpaired) electrons. The van der Waals surface area contributed by atoms with Crippen molar-refractivity contribution in [3.05, 3.63) is 69.5 Å². The number of amides is 1. The lowest BCUT2D eigenvalue weighted by Gasteiger charge is -2.13. The minimum absolute atomic E-state index is 0.0278. The summed E-state index contributed by atoms with van der Waals surface area (Å²) in [6.07, 6.45) is 1.38. The minimum Gasteiger partial charge on any atom is -0.488 e. The van der Waals surface area contributed by atoms with Crippen LogP contribution in [0.3, 0.4) is 0 Å². The summed E-state index contributed by atoms with van der Waals surface area (Å²) < 4.78 is 19.3. The molecule has 0 aliphatic carbocycles. The van der Waals surface area contributed by atoms with Crippen LogP contribution in [-0.4, -0.2) is 25.8 Å². The number of nitrogens with one attached hydrogen (secondary N) is 1. The van der Waals surface area contributed by atoms with E-state index in [1.54, 1.807) is 24.3 Å². The Morgan fingerprint density at radius 1 is 1.26 bits per heavy atom. The fourth-order valence-electron chi connectivity index (χ4n) is 2.34. The van der Waals surface area contributed by atoms with Gasteiger partial charge in [-0.3, -0.25) is 4.79 Å². The van der Waals surface area contributed by atoms with Crippen LogP contribution in [0.4, 0.5) is 4.39 Å². The lowest BCUT2D eigenvalue weighted by Crippen LogP contribution is -2.29. The first kappa shape index (κ1) is 20.7. The summed E-state index contributed by atoms with van der Waals surface area (Å²) >= 11 is 11.4. The number of benzene rings is 2. The van der Waals surface area contributed by atoms with E-state index in [2.05, 4.69) is 10.5 Å². The first-order chi connectivity index (χ1) is 13.0. The van der Waals surface area contributed by atoms with Gasteiger partial charge in [-0.05, 0) is 29.8 Å². The van der Waals surface area contributed by atoms with Crippen molar-refractivity contribution in [2.75, 3.05) is 14.2 Å². The Kier molecular flexibility index (Phi) is 7.64. The molecule has 0 aliphatic rings. The molecule has 0 aromatic heterocycles. The standard InChI is InChI=1S/C19H17Cl2FN2O3/c1-23-19(25)18(24-26-2)15-6-4-3-5-12(15)11-27-16-8-7-14(22)9-13(16)10-17(20)21/h3-10H,11H2,1-2H3,(H,23,25). The van der Waals surface area contributed by atoms with E-state index in [1.807, 2.05) is 0 Å². The van der Waals surface area contributed by atoms with Crippen molar-refractivity contribution in [3.63, 3.8) is 0 Å². The van der Waals surface area contributed by atoms with Gasteiger partial charge in [0.2, 0.25) is 0 Å². The summed E-state index contributed by atoms with van der Waals surface area (Å²) in [5.41, 5.74) is 1.74. The SMILES string of the molecule is CNC(=O)C(=NOC)c1ccccc1COc1ccc(F)cc1C=C(Cl)Cl. The molecular formula is C19H17Cl2FN2O3. The number of nitrogens with zero attached hydrogens (tertiary/aromatic N) is 1. The summed E-state index contributed by atoms with van der Waals surface area (Å²) in [5, 5.41) is 6.32. The topological polar surface area (TPSA) is 59.9 Å². The fourth-order valence-corrected chi connectivity index (χ4v) is 2.57. The van der Waals surface area contributed by atoms with Gasteiger partial charge in [-0.25, -0.2) is 4.39 Å². The quantitative estimate of drug-likeness (QED) is 0.547. The molecular weight excluding hydrogens is 394 g/mol. The Morgan fingerprint density at radius 2 is 2.00 bits per heavy atom. The van der Waals surface area contributed by atoms with Crippen LogP contribution in [0.2, 0.25) is 0 Å². The lowest BCUT2D eigenvalue weighted by molar-refractivity contribution is -0.114. The molecule has 0 bridgehead atoms. The van der Waals surface area contributed by atoms with Crippen molar-refractivity contribution in [3.8, 4) is 5.75 Å². The number of hydrogen-bond acceptors (Lipinski definition) is 4. The van der Waals surface area contributed by atoms with E-state index in [0.29, 0.717) is 22.4 Å². The molecule has 5 nitrogen and oxygen atoms in total. The van der Waals surface area contributed by atoms with Gasteiger partial charge < -0.3 is 14.9 Å². The van der Waals surface area contributed by atoms with Gasteiger partial charge in [-0.2, -0.15) is 0 Å². The molecule has 2 aromatic rings. The number of rotatable bonds is 7. The molecule has 142 valence electrons. The van der Waals surface area contributed by atoms with Crippen molar-refractivity contribution >= 4 is 40.9 Å². The Labute approximate surface area is 166 Å². The van der Waals surface area contributed by atoms with E-state index in [-0.39, 0.29) is 16.8 Å². The maximum absolute atomic E-state index is 13.5. The molecule has 0 saturated carbocycles. The molecule has 2 rings (SSSR count). The molecule has 1 N–H and O–H groups in total. The van der Waals surface area contributed by atoms with Gasteiger partial charge in [0.05, 0.1) is 0 Å². The van der Waals surface area contributed by atoms with E-state index in [9.17, 15) is 9.18 Å². The molecule has 0 fully saturated rings. The van der Waals surface area contributed by atoms with E-state index in [1.165, 1.54) is 38.4 Å². The second kappa shape index (κ2) is 9.94. The molecule has 0 spiro atoms. The lowest BCUT2D eigenvalue weighted by atomic mass is 10.0. The highest BCUT2D eigenvalue weighted by atomic mass is 35.5. The number of carbonyl (C=O) groups is 1. The van der Waals surface area contributed by atoms with E-state index >= 15 is 0 Å². The molecule has 0 saturated heterocycles. The van der Waals surface area contributed by atoms with Crippen molar-refractivity contribution < 1.29 is 18.8 Å². The predicted octanol–water partition coefficient (Wildman–Crippen LogP) is 4.28. The number of oxime groups is 1. The van der Waals surface area contributed by atoms with Crippen LogP contribution in [-0.2, 0) is 16.2 Å². The second-order valence-electron chi connectivity index (χ2n) is 5.26. The van der Waals surface area contributed by atoms with Gasteiger partial charge in [0.15, 0.2) is 5.71 Å². The van der Waals surface area contributed by atoms with Crippen LogP contribution in [0.15, 0.2) is 52.1 Å². The number of likely N-dealkylation sites (N-methyl/N-ethyl adjacent to an activating group) is 1. The van der Waals surface area contributed by atoms with Gasteiger partial charge in [0, 0.05) is 18.2 Å². The number of hydrogen-bond donors (Lipinski definition) is 1. The zero-order chi connectivity index (χ0) is 19.8. The summed E-state index contributed by atoms with van der Waals surface area (Å²) in [6.45, 7) is 0.0995. The van der Waals surface area contributed by atoms with Gasteiger partial charge in [-0.15, -0.1) is 0 Å².